The molecule has 1 aromatic rings. The lowest BCUT2D eigenvalue weighted by atomic mass is 9.82. The highest BCUT2D eigenvalue weighted by Gasteiger charge is 2.32. The first kappa shape index (κ1) is 13.9. The van der Waals surface area contributed by atoms with Gasteiger partial charge in [0.15, 0.2) is 5.75 Å². The van der Waals surface area contributed by atoms with E-state index in [1.54, 1.807) is 20.8 Å². The Morgan fingerprint density at radius 2 is 1.56 bits per heavy atom. The van der Waals surface area contributed by atoms with Crippen LogP contribution in [0.15, 0.2) is 6.07 Å². The maximum atomic E-state index is 10.9. The number of nitro benzene ring substituents is 2. The van der Waals surface area contributed by atoms with E-state index in [0.29, 0.717) is 0 Å². The second kappa shape index (κ2) is 4.25. The Morgan fingerprint density at radius 1 is 1.11 bits per heavy atom. The first-order chi connectivity index (χ1) is 8.07. The van der Waals surface area contributed by atoms with Crippen molar-refractivity contribution in [3.05, 3.63) is 37.4 Å². The Kier molecular flexibility index (Phi) is 3.27. The smallest absolute Gasteiger partial charge is 0.317 e. The molecule has 1 N–H and O–H groups in total. The van der Waals surface area contributed by atoms with Gasteiger partial charge in [-0.3, -0.25) is 20.2 Å². The maximum Gasteiger partial charge on any atom is 0.317 e. The van der Waals surface area contributed by atoms with Crippen molar-refractivity contribution in [2.75, 3.05) is 0 Å². The SMILES string of the molecule is Cc1c([N+](=O)[O-])cc([N+](=O)[O-])c(O)c1C(C)(C)C. The van der Waals surface area contributed by atoms with E-state index in [-0.39, 0.29) is 16.8 Å². The molecule has 0 atom stereocenters. The lowest BCUT2D eigenvalue weighted by Gasteiger charge is -2.22. The minimum atomic E-state index is -0.822. The fourth-order valence-corrected chi connectivity index (χ4v) is 1.99. The highest BCUT2D eigenvalue weighted by molar-refractivity contribution is 5.64. The summed E-state index contributed by atoms with van der Waals surface area (Å²) < 4.78 is 0. The lowest BCUT2D eigenvalue weighted by Crippen LogP contribution is -2.15. The van der Waals surface area contributed by atoms with Crippen LogP contribution in [0.3, 0.4) is 0 Å². The van der Waals surface area contributed by atoms with E-state index in [4.69, 9.17) is 0 Å². The Balaban J connectivity index is 3.79. The second-order valence-electron chi connectivity index (χ2n) is 5.03. The number of nitro groups is 2. The average molecular weight is 254 g/mol. The van der Waals surface area contributed by atoms with E-state index in [2.05, 4.69) is 0 Å². The van der Waals surface area contributed by atoms with Crippen molar-refractivity contribution in [3.8, 4) is 5.75 Å². The van der Waals surface area contributed by atoms with Crippen LogP contribution >= 0.6 is 0 Å². The molecule has 0 aliphatic heterocycles. The largest absolute Gasteiger partial charge is 0.502 e. The predicted octanol–water partition coefficient (Wildman–Crippen LogP) is 2.81. The number of hydrogen-bond acceptors (Lipinski definition) is 5. The van der Waals surface area contributed by atoms with Gasteiger partial charge in [0.05, 0.1) is 15.9 Å². The number of aromatic hydroxyl groups is 1. The topological polar surface area (TPSA) is 107 Å². The molecule has 0 aromatic heterocycles. The van der Waals surface area contributed by atoms with Crippen LogP contribution in [-0.2, 0) is 5.41 Å². The van der Waals surface area contributed by atoms with Crippen LogP contribution in [0.1, 0.15) is 31.9 Å². The zero-order valence-corrected chi connectivity index (χ0v) is 10.6. The van der Waals surface area contributed by atoms with E-state index >= 15 is 0 Å². The van der Waals surface area contributed by atoms with Gasteiger partial charge in [-0.15, -0.1) is 0 Å². The highest BCUT2D eigenvalue weighted by atomic mass is 16.6. The summed E-state index contributed by atoms with van der Waals surface area (Å²) in [5.41, 5.74) is -1.16. The van der Waals surface area contributed by atoms with Gasteiger partial charge in [-0.05, 0) is 12.3 Å². The van der Waals surface area contributed by atoms with E-state index in [9.17, 15) is 25.3 Å². The zero-order valence-electron chi connectivity index (χ0n) is 10.6. The van der Waals surface area contributed by atoms with Crippen LogP contribution in [0, 0.1) is 27.2 Å². The molecule has 0 aliphatic rings. The Labute approximate surface area is 103 Å². The van der Waals surface area contributed by atoms with Crippen molar-refractivity contribution in [1.29, 1.82) is 0 Å². The Bertz CT molecular complexity index is 493. The van der Waals surface area contributed by atoms with Crippen molar-refractivity contribution in [2.45, 2.75) is 33.1 Å². The molecule has 1 aromatic carbocycles. The van der Waals surface area contributed by atoms with Gasteiger partial charge in [0, 0.05) is 11.1 Å². The van der Waals surface area contributed by atoms with Gasteiger partial charge in [-0.2, -0.15) is 0 Å². The molecule has 0 aliphatic carbocycles. The van der Waals surface area contributed by atoms with Crippen LogP contribution in [0.2, 0.25) is 0 Å². The lowest BCUT2D eigenvalue weighted by molar-refractivity contribution is -0.395. The third-order valence-electron chi connectivity index (χ3n) is 2.66. The monoisotopic (exact) mass is 254 g/mol. The molecular formula is C11H14N2O5. The molecule has 0 spiro atoms. The third-order valence-corrected chi connectivity index (χ3v) is 2.66. The summed E-state index contributed by atoms with van der Waals surface area (Å²) >= 11 is 0. The number of rotatable bonds is 2. The minimum Gasteiger partial charge on any atom is -0.502 e. The van der Waals surface area contributed by atoms with Gasteiger partial charge in [-0.1, -0.05) is 20.8 Å². The molecule has 7 heteroatoms. The van der Waals surface area contributed by atoms with E-state index in [0.717, 1.165) is 6.07 Å². The number of phenolic OH excluding ortho intramolecular Hbond substituents is 1. The molecule has 7 nitrogen and oxygen atoms in total. The van der Waals surface area contributed by atoms with E-state index in [1.165, 1.54) is 6.92 Å². The van der Waals surface area contributed by atoms with Crippen molar-refractivity contribution >= 4 is 11.4 Å². The summed E-state index contributed by atoms with van der Waals surface area (Å²) in [6, 6.07) is 0.792. The van der Waals surface area contributed by atoms with Crippen molar-refractivity contribution < 1.29 is 15.0 Å². The normalized spacial score (nSPS) is 11.3. The quantitative estimate of drug-likeness (QED) is 0.645. The van der Waals surface area contributed by atoms with Crippen molar-refractivity contribution in [1.82, 2.24) is 0 Å². The molecule has 0 bridgehead atoms. The number of benzene rings is 1. The van der Waals surface area contributed by atoms with Crippen LogP contribution in [0.4, 0.5) is 11.4 Å². The van der Waals surface area contributed by atoms with Crippen LogP contribution in [0.5, 0.6) is 5.75 Å². The molecule has 1 rings (SSSR count). The number of nitrogens with zero attached hydrogens (tertiary/aromatic N) is 2. The highest BCUT2D eigenvalue weighted by Crippen LogP contribution is 2.43. The summed E-state index contributed by atoms with van der Waals surface area (Å²) in [7, 11) is 0. The molecule has 18 heavy (non-hydrogen) atoms. The average Bonchev–Trinajstić information content (AvgIpc) is 2.13. The van der Waals surface area contributed by atoms with E-state index < -0.39 is 26.7 Å². The minimum absolute atomic E-state index is 0.225. The van der Waals surface area contributed by atoms with Gasteiger partial charge < -0.3 is 5.11 Å². The second-order valence-corrected chi connectivity index (χ2v) is 5.03. The molecule has 0 amide bonds. The molecular weight excluding hydrogens is 240 g/mol. The summed E-state index contributed by atoms with van der Waals surface area (Å²) in [4.78, 5) is 20.2. The molecule has 0 fully saturated rings. The molecule has 0 heterocycles. The van der Waals surface area contributed by atoms with Gasteiger partial charge >= 0.3 is 5.69 Å². The van der Waals surface area contributed by atoms with Gasteiger partial charge in [-0.25, -0.2) is 0 Å². The molecule has 0 radical (unpaired) electrons. The Hall–Kier alpha value is -2.18. The first-order valence-electron chi connectivity index (χ1n) is 5.23. The molecule has 0 unspecified atom stereocenters. The molecule has 98 valence electrons. The van der Waals surface area contributed by atoms with E-state index in [1.807, 2.05) is 0 Å². The van der Waals surface area contributed by atoms with Gasteiger partial charge in [0.1, 0.15) is 0 Å². The summed E-state index contributed by atoms with van der Waals surface area (Å²) in [6.07, 6.45) is 0. The Morgan fingerprint density at radius 3 is 1.89 bits per heavy atom. The molecule has 0 saturated heterocycles. The summed E-state index contributed by atoms with van der Waals surface area (Å²) in [5, 5.41) is 31.6. The fourth-order valence-electron chi connectivity index (χ4n) is 1.99. The van der Waals surface area contributed by atoms with Crippen LogP contribution in [0.25, 0.3) is 0 Å². The summed E-state index contributed by atoms with van der Waals surface area (Å²) in [5.74, 6) is -0.504. The van der Waals surface area contributed by atoms with Gasteiger partial charge in [0.25, 0.3) is 5.69 Å². The van der Waals surface area contributed by atoms with Crippen LogP contribution in [-0.4, -0.2) is 15.0 Å². The summed E-state index contributed by atoms with van der Waals surface area (Å²) in [6.45, 7) is 6.65. The van der Waals surface area contributed by atoms with Crippen LogP contribution < -0.4 is 0 Å². The van der Waals surface area contributed by atoms with Crippen molar-refractivity contribution in [2.24, 2.45) is 0 Å². The standard InChI is InChI=1S/C11H14N2O5/c1-6-7(12(15)16)5-8(13(17)18)10(14)9(6)11(2,3)4/h5,14H,1-4H3. The number of phenols is 1. The first-order valence-corrected chi connectivity index (χ1v) is 5.23. The maximum absolute atomic E-state index is 10.9. The van der Waals surface area contributed by atoms with Crippen molar-refractivity contribution in [3.63, 3.8) is 0 Å². The zero-order chi connectivity index (χ0) is 14.2. The van der Waals surface area contributed by atoms with Gasteiger partial charge in [0.2, 0.25) is 0 Å². The molecule has 0 saturated carbocycles. The fraction of sp³-hybridized carbons (Fsp3) is 0.455. The predicted molar refractivity (Wildman–Crippen MR) is 64.9 cm³/mol. The third kappa shape index (κ3) is 2.24. The number of hydrogen-bond donors (Lipinski definition) is 1.